The molecular formula is C26H27N3O4S. The second-order valence-corrected chi connectivity index (χ2v) is 9.24. The van der Waals surface area contributed by atoms with Crippen molar-refractivity contribution >= 4 is 35.2 Å². The Labute approximate surface area is 202 Å². The van der Waals surface area contributed by atoms with E-state index >= 15 is 0 Å². The van der Waals surface area contributed by atoms with Crippen molar-refractivity contribution in [2.24, 2.45) is 0 Å². The minimum absolute atomic E-state index is 0.0384. The first-order chi connectivity index (χ1) is 16.5. The maximum Gasteiger partial charge on any atom is 0.255 e. The van der Waals surface area contributed by atoms with Crippen LogP contribution in [0.5, 0.6) is 0 Å². The molecule has 176 valence electrons. The number of nitrogens with one attached hydrogen (secondary N) is 2. The molecule has 7 nitrogen and oxygen atoms in total. The molecule has 0 aliphatic carbocycles. The quantitative estimate of drug-likeness (QED) is 0.485. The van der Waals surface area contributed by atoms with Gasteiger partial charge in [0, 0.05) is 11.6 Å². The molecule has 2 atom stereocenters. The predicted molar refractivity (Wildman–Crippen MR) is 133 cm³/mol. The lowest BCUT2D eigenvalue weighted by molar-refractivity contribution is -0.128. The molecule has 1 saturated heterocycles. The van der Waals surface area contributed by atoms with Gasteiger partial charge in [0.1, 0.15) is 11.1 Å². The fourth-order valence-corrected chi connectivity index (χ4v) is 4.85. The van der Waals surface area contributed by atoms with E-state index in [1.807, 2.05) is 32.0 Å². The van der Waals surface area contributed by atoms with Crippen molar-refractivity contribution in [3.63, 3.8) is 0 Å². The predicted octanol–water partition coefficient (Wildman–Crippen LogP) is 4.83. The minimum atomic E-state index is -0.307. The van der Waals surface area contributed by atoms with Crippen molar-refractivity contribution in [1.29, 1.82) is 0 Å². The molecule has 1 fully saturated rings. The van der Waals surface area contributed by atoms with Crippen molar-refractivity contribution in [1.82, 2.24) is 10.2 Å². The van der Waals surface area contributed by atoms with Gasteiger partial charge < -0.3 is 20.0 Å². The van der Waals surface area contributed by atoms with Crippen molar-refractivity contribution in [3.05, 3.63) is 89.4 Å². The Hall–Kier alpha value is -3.52. The number of anilines is 1. The Morgan fingerprint density at radius 3 is 2.56 bits per heavy atom. The largest absolute Gasteiger partial charge is 0.467 e. The number of hydrogen-bond donors (Lipinski definition) is 2. The van der Waals surface area contributed by atoms with Crippen molar-refractivity contribution in [2.45, 2.75) is 38.2 Å². The fourth-order valence-electron chi connectivity index (χ4n) is 3.66. The van der Waals surface area contributed by atoms with Gasteiger partial charge in [-0.2, -0.15) is 0 Å². The summed E-state index contributed by atoms with van der Waals surface area (Å²) in [5, 5.41) is 5.64. The number of para-hydroxylation sites is 1. The molecule has 0 radical (unpaired) electrons. The normalized spacial score (nSPS) is 16.4. The van der Waals surface area contributed by atoms with Gasteiger partial charge in [0.2, 0.25) is 5.91 Å². The first-order valence-electron chi connectivity index (χ1n) is 11.2. The zero-order chi connectivity index (χ0) is 24.1. The van der Waals surface area contributed by atoms with Gasteiger partial charge >= 0.3 is 0 Å². The number of benzene rings is 2. The van der Waals surface area contributed by atoms with E-state index in [1.165, 1.54) is 0 Å². The first kappa shape index (κ1) is 23.6. The number of carbonyl (C=O) groups excluding carboxylic acids is 3. The molecule has 34 heavy (non-hydrogen) atoms. The summed E-state index contributed by atoms with van der Waals surface area (Å²) in [6, 6.07) is 17.8. The highest BCUT2D eigenvalue weighted by atomic mass is 32.2. The molecule has 1 aliphatic heterocycles. The monoisotopic (exact) mass is 477 g/mol. The lowest BCUT2D eigenvalue weighted by atomic mass is 10.1. The summed E-state index contributed by atoms with van der Waals surface area (Å²) in [4.78, 5) is 39.7. The van der Waals surface area contributed by atoms with E-state index in [9.17, 15) is 14.4 Å². The molecule has 0 unspecified atom stereocenters. The molecule has 8 heteroatoms. The van der Waals surface area contributed by atoms with Crippen LogP contribution in [0.1, 0.15) is 57.7 Å². The highest BCUT2D eigenvalue weighted by Gasteiger charge is 2.33. The smallest absolute Gasteiger partial charge is 0.255 e. The third kappa shape index (κ3) is 5.34. The van der Waals surface area contributed by atoms with Crippen LogP contribution in [0.3, 0.4) is 0 Å². The zero-order valence-electron chi connectivity index (χ0n) is 19.1. The van der Waals surface area contributed by atoms with Gasteiger partial charge in [0.15, 0.2) is 0 Å². The van der Waals surface area contributed by atoms with Crippen LogP contribution in [0.2, 0.25) is 0 Å². The molecule has 2 N–H and O–H groups in total. The van der Waals surface area contributed by atoms with Gasteiger partial charge in [-0.25, -0.2) is 0 Å². The lowest BCUT2D eigenvalue weighted by Gasteiger charge is -2.23. The number of hydrogen-bond acceptors (Lipinski definition) is 5. The summed E-state index contributed by atoms with van der Waals surface area (Å²) in [5.74, 6) is 0.662. The maximum atomic E-state index is 12.9. The van der Waals surface area contributed by atoms with Gasteiger partial charge in [0.25, 0.3) is 11.8 Å². The van der Waals surface area contributed by atoms with Crippen LogP contribution in [-0.4, -0.2) is 34.4 Å². The Kier molecular flexibility index (Phi) is 7.37. The number of amides is 3. The van der Waals surface area contributed by atoms with Gasteiger partial charge in [-0.3, -0.25) is 14.4 Å². The van der Waals surface area contributed by atoms with E-state index in [4.69, 9.17) is 4.42 Å². The van der Waals surface area contributed by atoms with Crippen molar-refractivity contribution < 1.29 is 18.8 Å². The summed E-state index contributed by atoms with van der Waals surface area (Å²) in [6.45, 7) is 4.34. The third-order valence-electron chi connectivity index (χ3n) is 5.74. The van der Waals surface area contributed by atoms with Gasteiger partial charge in [0.05, 0.1) is 29.8 Å². The Bertz CT molecular complexity index is 1160. The highest BCUT2D eigenvalue weighted by molar-refractivity contribution is 8.00. The standard InChI is InChI=1S/C26H27N3O4S/c1-3-17(2)27-25(32)21-8-4-5-9-22(21)28-24(31)18-10-12-19(13-11-18)26-29(23(30)16-34-26)15-20-7-6-14-33-20/h4-14,17,26H,3,15-16H2,1-2H3,(H,27,32)(H,28,31)/t17-,26+/m1/s1. The average Bonchev–Trinajstić information content (AvgIpc) is 3.49. The Balaban J connectivity index is 1.46. The molecule has 0 bridgehead atoms. The molecule has 3 aromatic rings. The second-order valence-electron chi connectivity index (χ2n) is 8.17. The van der Waals surface area contributed by atoms with Crippen LogP contribution in [0, 0.1) is 0 Å². The van der Waals surface area contributed by atoms with E-state index in [0.29, 0.717) is 29.1 Å². The number of furan rings is 1. The number of rotatable bonds is 8. The van der Waals surface area contributed by atoms with Crippen LogP contribution in [0.4, 0.5) is 5.69 Å². The lowest BCUT2D eigenvalue weighted by Crippen LogP contribution is -2.32. The summed E-state index contributed by atoms with van der Waals surface area (Å²) >= 11 is 1.55. The van der Waals surface area contributed by atoms with Crippen LogP contribution in [-0.2, 0) is 11.3 Å². The average molecular weight is 478 g/mol. The second kappa shape index (κ2) is 10.6. The molecule has 1 aliphatic rings. The Morgan fingerprint density at radius 1 is 1.09 bits per heavy atom. The summed E-state index contributed by atoms with van der Waals surface area (Å²) < 4.78 is 5.40. The fraction of sp³-hybridized carbons (Fsp3) is 0.269. The SMILES string of the molecule is CC[C@@H](C)NC(=O)c1ccccc1NC(=O)c1ccc([C@@H]2SCC(=O)N2Cc2ccco2)cc1. The molecule has 1 aromatic heterocycles. The van der Waals surface area contributed by atoms with E-state index < -0.39 is 0 Å². The molecular weight excluding hydrogens is 450 g/mol. The molecule has 2 heterocycles. The Morgan fingerprint density at radius 2 is 1.85 bits per heavy atom. The minimum Gasteiger partial charge on any atom is -0.467 e. The summed E-state index contributed by atoms with van der Waals surface area (Å²) in [6.07, 6.45) is 2.41. The van der Waals surface area contributed by atoms with Gasteiger partial charge in [-0.15, -0.1) is 11.8 Å². The van der Waals surface area contributed by atoms with Crippen LogP contribution >= 0.6 is 11.8 Å². The maximum absolute atomic E-state index is 12.9. The van der Waals surface area contributed by atoms with E-state index in [0.717, 1.165) is 17.7 Å². The third-order valence-corrected chi connectivity index (χ3v) is 7.00. The molecule has 2 aromatic carbocycles. The van der Waals surface area contributed by atoms with Crippen LogP contribution in [0.15, 0.2) is 71.3 Å². The topological polar surface area (TPSA) is 91.7 Å². The number of nitrogens with zero attached hydrogens (tertiary/aromatic N) is 1. The zero-order valence-corrected chi connectivity index (χ0v) is 19.9. The van der Waals surface area contributed by atoms with Crippen molar-refractivity contribution in [3.8, 4) is 0 Å². The number of carbonyl (C=O) groups is 3. The molecule has 0 spiro atoms. The first-order valence-corrected chi connectivity index (χ1v) is 12.3. The molecule has 0 saturated carbocycles. The van der Waals surface area contributed by atoms with Crippen molar-refractivity contribution in [2.75, 3.05) is 11.1 Å². The van der Waals surface area contributed by atoms with E-state index in [1.54, 1.807) is 65.4 Å². The summed E-state index contributed by atoms with van der Waals surface area (Å²) in [7, 11) is 0. The highest BCUT2D eigenvalue weighted by Crippen LogP contribution is 2.39. The molecule has 3 amide bonds. The van der Waals surface area contributed by atoms with Gasteiger partial charge in [-0.05, 0) is 55.3 Å². The summed E-state index contributed by atoms with van der Waals surface area (Å²) in [5.41, 5.74) is 2.28. The van der Waals surface area contributed by atoms with Gasteiger partial charge in [-0.1, -0.05) is 31.2 Å². The van der Waals surface area contributed by atoms with E-state index in [2.05, 4.69) is 10.6 Å². The molecule has 4 rings (SSSR count). The van der Waals surface area contributed by atoms with Crippen LogP contribution in [0.25, 0.3) is 0 Å². The van der Waals surface area contributed by atoms with E-state index in [-0.39, 0.29) is 29.1 Å². The van der Waals surface area contributed by atoms with Crippen LogP contribution < -0.4 is 10.6 Å². The number of thioether (sulfide) groups is 1.